The maximum absolute atomic E-state index is 3.78. The molecule has 2 heteroatoms. The molecule has 94 valence electrons. The lowest BCUT2D eigenvalue weighted by Gasteiger charge is -2.19. The summed E-state index contributed by atoms with van der Waals surface area (Å²) in [4.78, 5) is 0. The number of halogens is 1. The summed E-state index contributed by atoms with van der Waals surface area (Å²) >= 11 is 3.67. The van der Waals surface area contributed by atoms with E-state index in [4.69, 9.17) is 0 Å². The third kappa shape index (κ3) is 4.64. The van der Waals surface area contributed by atoms with Gasteiger partial charge < -0.3 is 5.32 Å². The highest BCUT2D eigenvalue weighted by Crippen LogP contribution is 2.27. The minimum absolute atomic E-state index is 0.440. The number of aryl methyl sites for hydroxylation is 1. The van der Waals surface area contributed by atoms with Crippen LogP contribution in [0.4, 0.5) is 0 Å². The molecule has 0 saturated carbocycles. The summed E-state index contributed by atoms with van der Waals surface area (Å²) in [7, 11) is 0. The van der Waals surface area contributed by atoms with Gasteiger partial charge in [0.25, 0.3) is 0 Å². The summed E-state index contributed by atoms with van der Waals surface area (Å²) < 4.78 is 1.21. The zero-order valence-corrected chi connectivity index (χ0v) is 12.4. The largest absolute Gasteiger partial charge is 0.310 e. The highest BCUT2D eigenvalue weighted by atomic mass is 79.9. The van der Waals surface area contributed by atoms with Gasteiger partial charge in [-0.05, 0) is 49.9 Å². The highest BCUT2D eigenvalue weighted by molar-refractivity contribution is 9.10. The van der Waals surface area contributed by atoms with Crippen molar-refractivity contribution in [3.05, 3.63) is 46.5 Å². The van der Waals surface area contributed by atoms with E-state index in [1.165, 1.54) is 22.0 Å². The molecule has 1 N–H and O–H groups in total. The van der Waals surface area contributed by atoms with Crippen LogP contribution in [0.5, 0.6) is 0 Å². The highest BCUT2D eigenvalue weighted by Gasteiger charge is 2.12. The van der Waals surface area contributed by atoms with Crippen molar-refractivity contribution in [2.45, 2.75) is 39.2 Å². The van der Waals surface area contributed by atoms with Gasteiger partial charge in [0.05, 0.1) is 0 Å². The average Bonchev–Trinajstić information content (AvgIpc) is 2.28. The number of rotatable bonds is 7. The lowest BCUT2D eigenvalue weighted by atomic mass is 10.00. The Balaban J connectivity index is 2.77. The molecule has 0 spiro atoms. The minimum atomic E-state index is 0.440. The lowest BCUT2D eigenvalue weighted by Crippen LogP contribution is -2.21. The molecule has 1 rings (SSSR count). The van der Waals surface area contributed by atoms with Crippen molar-refractivity contribution in [1.29, 1.82) is 0 Å². The van der Waals surface area contributed by atoms with Gasteiger partial charge in [0, 0.05) is 10.5 Å². The second-order valence-electron chi connectivity index (χ2n) is 4.35. The van der Waals surface area contributed by atoms with E-state index in [0.29, 0.717) is 6.04 Å². The van der Waals surface area contributed by atoms with Gasteiger partial charge in [0.2, 0.25) is 0 Å². The number of benzene rings is 1. The summed E-state index contributed by atoms with van der Waals surface area (Å²) in [5.41, 5.74) is 2.66. The Labute approximate surface area is 113 Å². The van der Waals surface area contributed by atoms with Gasteiger partial charge in [-0.25, -0.2) is 0 Å². The topological polar surface area (TPSA) is 12.0 Å². The van der Waals surface area contributed by atoms with Gasteiger partial charge in [-0.15, -0.1) is 6.58 Å². The Morgan fingerprint density at radius 2 is 2.24 bits per heavy atom. The molecule has 17 heavy (non-hydrogen) atoms. The van der Waals surface area contributed by atoms with Crippen molar-refractivity contribution >= 4 is 15.9 Å². The van der Waals surface area contributed by atoms with Crippen LogP contribution in [0.15, 0.2) is 35.3 Å². The van der Waals surface area contributed by atoms with Crippen molar-refractivity contribution in [2.24, 2.45) is 0 Å². The Morgan fingerprint density at radius 3 is 2.82 bits per heavy atom. The maximum Gasteiger partial charge on any atom is 0.0331 e. The van der Waals surface area contributed by atoms with Crippen LogP contribution in [-0.4, -0.2) is 6.54 Å². The Kier molecular flexibility index (Phi) is 6.53. The fourth-order valence-electron chi connectivity index (χ4n) is 1.99. The Bertz CT molecular complexity index is 360. The lowest BCUT2D eigenvalue weighted by molar-refractivity contribution is 0.499. The summed E-state index contributed by atoms with van der Waals surface area (Å²) in [6.07, 6.45) is 5.42. The van der Waals surface area contributed by atoms with E-state index in [9.17, 15) is 0 Å². The molecule has 0 fully saturated rings. The van der Waals surface area contributed by atoms with Gasteiger partial charge in [-0.3, -0.25) is 0 Å². The van der Waals surface area contributed by atoms with Gasteiger partial charge in [0.15, 0.2) is 0 Å². The van der Waals surface area contributed by atoms with Crippen LogP contribution in [0.1, 0.15) is 43.4 Å². The maximum atomic E-state index is 3.78. The summed E-state index contributed by atoms with van der Waals surface area (Å²) in [5.74, 6) is 0. The van der Waals surface area contributed by atoms with Gasteiger partial charge >= 0.3 is 0 Å². The van der Waals surface area contributed by atoms with E-state index in [0.717, 1.165) is 19.4 Å². The van der Waals surface area contributed by atoms with Crippen LogP contribution >= 0.6 is 15.9 Å². The van der Waals surface area contributed by atoms with E-state index in [-0.39, 0.29) is 0 Å². The number of nitrogens with one attached hydrogen (secondary N) is 1. The normalized spacial score (nSPS) is 12.4. The number of hydrogen-bond donors (Lipinski definition) is 1. The van der Waals surface area contributed by atoms with Gasteiger partial charge in [-0.2, -0.15) is 0 Å². The molecule has 1 aromatic rings. The van der Waals surface area contributed by atoms with Crippen molar-refractivity contribution in [1.82, 2.24) is 5.32 Å². The second-order valence-corrected chi connectivity index (χ2v) is 5.21. The zero-order chi connectivity index (χ0) is 12.7. The van der Waals surface area contributed by atoms with Crippen LogP contribution < -0.4 is 5.32 Å². The molecule has 0 aromatic heterocycles. The van der Waals surface area contributed by atoms with E-state index in [1.807, 2.05) is 6.08 Å². The first-order valence-corrected chi connectivity index (χ1v) is 7.08. The number of allylic oxidation sites excluding steroid dienone is 1. The van der Waals surface area contributed by atoms with Crippen molar-refractivity contribution in [3.63, 3.8) is 0 Å². The predicted molar refractivity (Wildman–Crippen MR) is 79.3 cm³/mol. The Hall–Kier alpha value is -0.600. The molecule has 1 atom stereocenters. The van der Waals surface area contributed by atoms with Crippen LogP contribution in [0, 0.1) is 6.92 Å². The number of hydrogen-bond acceptors (Lipinski definition) is 1. The molecular formula is C15H22BrN. The average molecular weight is 296 g/mol. The minimum Gasteiger partial charge on any atom is -0.310 e. The number of unbranched alkanes of at least 4 members (excludes halogenated alkanes) is 1. The van der Waals surface area contributed by atoms with E-state index < -0.39 is 0 Å². The standard InChI is InChI=1S/C15H22BrN/c1-4-6-7-8-15(17-5-2)13-10-9-12(3)11-14(13)16/h4,9-11,15,17H,1,5-8H2,2-3H3. The van der Waals surface area contributed by atoms with Gasteiger partial charge in [0.1, 0.15) is 0 Å². The van der Waals surface area contributed by atoms with Crippen LogP contribution in [-0.2, 0) is 0 Å². The van der Waals surface area contributed by atoms with Crippen LogP contribution in [0.25, 0.3) is 0 Å². The SMILES string of the molecule is C=CCCCC(NCC)c1ccc(C)cc1Br. The van der Waals surface area contributed by atoms with Crippen LogP contribution in [0.2, 0.25) is 0 Å². The molecule has 0 amide bonds. The Morgan fingerprint density at radius 1 is 1.47 bits per heavy atom. The summed E-state index contributed by atoms with van der Waals surface area (Å²) in [6, 6.07) is 7.03. The molecule has 0 heterocycles. The second kappa shape index (κ2) is 7.67. The molecule has 0 radical (unpaired) electrons. The third-order valence-electron chi connectivity index (χ3n) is 2.88. The predicted octanol–water partition coefficient (Wildman–Crippen LogP) is 4.76. The first-order chi connectivity index (χ1) is 8.19. The summed E-state index contributed by atoms with van der Waals surface area (Å²) in [6.45, 7) is 9.05. The van der Waals surface area contributed by atoms with Gasteiger partial charge in [-0.1, -0.05) is 41.1 Å². The first-order valence-electron chi connectivity index (χ1n) is 6.29. The molecule has 0 aliphatic rings. The van der Waals surface area contributed by atoms with E-state index >= 15 is 0 Å². The van der Waals surface area contributed by atoms with E-state index in [2.05, 4.69) is 59.9 Å². The molecule has 0 saturated heterocycles. The molecule has 0 aliphatic carbocycles. The summed E-state index contributed by atoms with van der Waals surface area (Å²) in [5, 5.41) is 3.55. The zero-order valence-electron chi connectivity index (χ0n) is 10.8. The molecule has 0 bridgehead atoms. The quantitative estimate of drug-likeness (QED) is 0.565. The third-order valence-corrected chi connectivity index (χ3v) is 3.57. The van der Waals surface area contributed by atoms with Crippen molar-refractivity contribution < 1.29 is 0 Å². The first kappa shape index (κ1) is 14.5. The smallest absolute Gasteiger partial charge is 0.0331 e. The van der Waals surface area contributed by atoms with Crippen LogP contribution in [0.3, 0.4) is 0 Å². The fraction of sp³-hybridized carbons (Fsp3) is 0.467. The molecular weight excluding hydrogens is 274 g/mol. The van der Waals surface area contributed by atoms with Crippen molar-refractivity contribution in [2.75, 3.05) is 6.54 Å². The molecule has 1 aromatic carbocycles. The van der Waals surface area contributed by atoms with Crippen molar-refractivity contribution in [3.8, 4) is 0 Å². The fourth-order valence-corrected chi connectivity index (χ4v) is 2.76. The monoisotopic (exact) mass is 295 g/mol. The molecule has 1 unspecified atom stereocenters. The van der Waals surface area contributed by atoms with E-state index in [1.54, 1.807) is 0 Å². The molecule has 1 nitrogen and oxygen atoms in total. The molecule has 0 aliphatic heterocycles.